The average Bonchev–Trinajstić information content (AvgIpc) is 3.60. The monoisotopic (exact) mass is 584 g/mol. The molecule has 42 heavy (non-hydrogen) atoms. The smallest absolute Gasteiger partial charge is 0.338 e. The van der Waals surface area contributed by atoms with Crippen molar-refractivity contribution in [2.75, 3.05) is 19.8 Å². The highest BCUT2D eigenvalue weighted by molar-refractivity contribution is 5.89. The van der Waals surface area contributed by atoms with Gasteiger partial charge in [-0.15, -0.1) is 0 Å². The van der Waals surface area contributed by atoms with Crippen molar-refractivity contribution in [1.29, 1.82) is 0 Å². The topological polar surface area (TPSA) is 174 Å². The van der Waals surface area contributed by atoms with E-state index in [4.69, 9.17) is 28.1 Å². The first-order valence-electron chi connectivity index (χ1n) is 13.9. The molecule has 1 aromatic heterocycles. The van der Waals surface area contributed by atoms with Crippen molar-refractivity contribution in [3.8, 4) is 5.95 Å². The summed E-state index contributed by atoms with van der Waals surface area (Å²) in [5.74, 6) is -3.57. The Labute approximate surface area is 240 Å². The Balaban J connectivity index is 1.18. The second-order valence-corrected chi connectivity index (χ2v) is 12.2. The number of aliphatic hydroxyl groups is 4. The molecule has 3 aliphatic carbocycles. The summed E-state index contributed by atoms with van der Waals surface area (Å²) in [6, 6.07) is 8.38. The molecule has 0 amide bonds. The Hall–Kier alpha value is -3.26. The van der Waals surface area contributed by atoms with Gasteiger partial charge in [0.1, 0.15) is 37.1 Å². The van der Waals surface area contributed by atoms with Gasteiger partial charge in [0, 0.05) is 12.0 Å². The zero-order valence-electron chi connectivity index (χ0n) is 22.8. The van der Waals surface area contributed by atoms with E-state index in [1.54, 1.807) is 43.5 Å². The van der Waals surface area contributed by atoms with Crippen molar-refractivity contribution in [3.05, 3.63) is 65.4 Å². The van der Waals surface area contributed by atoms with Crippen LogP contribution in [0.4, 0.5) is 0 Å². The molecule has 2 aliphatic heterocycles. The predicted molar refractivity (Wildman–Crippen MR) is 139 cm³/mol. The molecule has 5 aliphatic rings. The van der Waals surface area contributed by atoms with Gasteiger partial charge in [0.15, 0.2) is 0 Å². The highest BCUT2D eigenvalue weighted by Crippen LogP contribution is 2.66. The quantitative estimate of drug-likeness (QED) is 0.253. The van der Waals surface area contributed by atoms with Gasteiger partial charge >= 0.3 is 11.9 Å². The van der Waals surface area contributed by atoms with Crippen LogP contribution in [0.15, 0.2) is 53.2 Å². The summed E-state index contributed by atoms with van der Waals surface area (Å²) in [7, 11) is 0. The molecule has 7 rings (SSSR count). The van der Waals surface area contributed by atoms with Crippen LogP contribution in [0.25, 0.3) is 0 Å². The Bertz CT molecular complexity index is 1440. The fraction of sp³-hybridized carbons (Fsp3) is 0.533. The van der Waals surface area contributed by atoms with Gasteiger partial charge in [0.2, 0.25) is 5.79 Å². The second-order valence-electron chi connectivity index (χ2n) is 12.2. The lowest BCUT2D eigenvalue weighted by Crippen LogP contribution is -2.67. The lowest BCUT2D eigenvalue weighted by atomic mass is 9.74. The van der Waals surface area contributed by atoms with Crippen LogP contribution in [0.1, 0.15) is 41.3 Å². The van der Waals surface area contributed by atoms with Crippen LogP contribution in [0, 0.1) is 11.3 Å². The molecule has 1 saturated carbocycles. The van der Waals surface area contributed by atoms with E-state index in [2.05, 4.69) is 0 Å². The molecule has 0 radical (unpaired) electrons. The van der Waals surface area contributed by atoms with Crippen LogP contribution < -0.4 is 4.74 Å². The van der Waals surface area contributed by atoms with E-state index in [0.29, 0.717) is 17.9 Å². The number of furan rings is 1. The summed E-state index contributed by atoms with van der Waals surface area (Å²) >= 11 is 0. The van der Waals surface area contributed by atoms with Crippen molar-refractivity contribution >= 4 is 11.9 Å². The maximum absolute atomic E-state index is 13.0. The lowest BCUT2D eigenvalue weighted by molar-refractivity contribution is -0.390. The number of fused-ring (bicyclic) bond motifs is 2. The van der Waals surface area contributed by atoms with Crippen LogP contribution in [0.3, 0.4) is 0 Å². The van der Waals surface area contributed by atoms with Crippen LogP contribution in [-0.4, -0.2) is 88.0 Å². The first-order valence-corrected chi connectivity index (χ1v) is 13.9. The molecule has 0 spiro atoms. The molecule has 4 N–H and O–H groups in total. The maximum Gasteiger partial charge on any atom is 0.338 e. The Morgan fingerprint density at radius 1 is 1.02 bits per heavy atom. The van der Waals surface area contributed by atoms with Crippen molar-refractivity contribution in [1.82, 2.24) is 0 Å². The second kappa shape index (κ2) is 9.37. The molecule has 2 aromatic rings. The molecule has 9 atom stereocenters. The number of ether oxygens (including phenoxy) is 5. The van der Waals surface area contributed by atoms with Gasteiger partial charge < -0.3 is 48.5 Å². The number of hydrogen-bond acceptors (Lipinski definition) is 12. The fourth-order valence-corrected chi connectivity index (χ4v) is 7.16. The molecule has 1 saturated heterocycles. The highest BCUT2D eigenvalue weighted by Gasteiger charge is 2.79. The van der Waals surface area contributed by atoms with Gasteiger partial charge in [-0.3, -0.25) is 4.79 Å². The van der Waals surface area contributed by atoms with Crippen molar-refractivity contribution < 1.29 is 58.1 Å². The van der Waals surface area contributed by atoms with Crippen molar-refractivity contribution in [2.45, 2.75) is 67.6 Å². The third-order valence-electron chi connectivity index (χ3n) is 9.55. The fourth-order valence-electron chi connectivity index (χ4n) is 7.16. The predicted octanol–water partition coefficient (Wildman–Crippen LogP) is 0.735. The maximum atomic E-state index is 13.0. The molecule has 3 heterocycles. The standard InChI is InChI=1S/C30H32O12/c1-27-12-29(23(34)22(27)33,14-38-25(36)17-7-8-19(31)20(32)9-17)42-30(27,15-39-24(35)16-5-3-2-4-6-16)41-28-10-18-11-37-26(21(18)28)40-13-28/h2-8,11,17,19-20,22-23,31-34H,9-10,12-15H2,1H3/t17-,19+,20+,22+,23+,27+,28+,29+,30-/m1/s1. The van der Waals surface area contributed by atoms with E-state index in [-0.39, 0.29) is 19.4 Å². The number of carbonyl (C=O) groups excluding carboxylic acids is 2. The molecule has 0 unspecified atom stereocenters. The van der Waals surface area contributed by atoms with Gasteiger partial charge in [-0.2, -0.15) is 0 Å². The van der Waals surface area contributed by atoms with E-state index in [9.17, 15) is 30.0 Å². The van der Waals surface area contributed by atoms with Crippen molar-refractivity contribution in [2.24, 2.45) is 11.3 Å². The number of esters is 2. The molecule has 1 aromatic carbocycles. The number of rotatable bonds is 8. The minimum Gasteiger partial charge on any atom is -0.462 e. The number of carbonyl (C=O) groups is 2. The molecule has 12 heteroatoms. The molecule has 2 fully saturated rings. The molecular weight excluding hydrogens is 552 g/mol. The van der Waals surface area contributed by atoms with Crippen molar-refractivity contribution in [3.63, 3.8) is 0 Å². The summed E-state index contributed by atoms with van der Waals surface area (Å²) in [6.07, 6.45) is -0.247. The van der Waals surface area contributed by atoms with Gasteiger partial charge in [-0.25, -0.2) is 4.79 Å². The lowest BCUT2D eigenvalue weighted by Gasteiger charge is -2.52. The van der Waals surface area contributed by atoms with Gasteiger partial charge in [0.05, 0.1) is 47.0 Å². The Morgan fingerprint density at radius 2 is 1.81 bits per heavy atom. The molecular formula is C30H32O12. The Morgan fingerprint density at radius 3 is 2.57 bits per heavy atom. The number of benzene rings is 1. The average molecular weight is 585 g/mol. The van der Waals surface area contributed by atoms with E-state index >= 15 is 0 Å². The van der Waals surface area contributed by atoms with E-state index in [0.717, 1.165) is 11.1 Å². The summed E-state index contributed by atoms with van der Waals surface area (Å²) in [5, 5.41) is 42.3. The largest absolute Gasteiger partial charge is 0.462 e. The molecule has 224 valence electrons. The highest BCUT2D eigenvalue weighted by atomic mass is 16.8. The summed E-state index contributed by atoms with van der Waals surface area (Å²) in [5.41, 5.74) is -1.95. The zero-order chi connectivity index (χ0) is 29.5. The first kappa shape index (κ1) is 27.6. The molecule has 2 bridgehead atoms. The minimum absolute atomic E-state index is 0.0163. The van der Waals surface area contributed by atoms with Gasteiger partial charge in [0.25, 0.3) is 5.95 Å². The summed E-state index contributed by atoms with van der Waals surface area (Å²) in [6.45, 7) is 0.923. The number of aliphatic hydroxyl groups excluding tert-OH is 4. The summed E-state index contributed by atoms with van der Waals surface area (Å²) < 4.78 is 35.9. The van der Waals surface area contributed by atoms with Crippen LogP contribution in [0.2, 0.25) is 0 Å². The van der Waals surface area contributed by atoms with Crippen LogP contribution >= 0.6 is 0 Å². The SMILES string of the molecule is C[C@@]12C[C@@](COC(=O)[C@@H]3C=C[C@H](O)[C@@H](O)C3)(O[C@@]1(COC(=O)c1ccccc1)O[C@@]13COc4occ(c41)C3)[C@@H](O)[C@@H]2O. The minimum atomic E-state index is -1.77. The van der Waals surface area contributed by atoms with E-state index in [1.165, 1.54) is 12.2 Å². The zero-order valence-corrected chi connectivity index (χ0v) is 22.8. The van der Waals surface area contributed by atoms with Gasteiger partial charge in [-0.1, -0.05) is 37.3 Å². The van der Waals surface area contributed by atoms with Gasteiger partial charge in [-0.05, 0) is 25.0 Å². The Kier molecular flexibility index (Phi) is 6.15. The molecule has 12 nitrogen and oxygen atoms in total. The van der Waals surface area contributed by atoms with Crippen LogP contribution in [0.5, 0.6) is 5.95 Å². The first-order chi connectivity index (χ1) is 20.0. The third kappa shape index (κ3) is 3.83. The van der Waals surface area contributed by atoms with E-state index in [1.807, 2.05) is 0 Å². The normalized spacial score (nSPS) is 40.7. The van der Waals surface area contributed by atoms with Crippen LogP contribution in [-0.2, 0) is 35.8 Å². The van der Waals surface area contributed by atoms with E-state index < -0.39 is 77.9 Å². The number of hydrogen-bond donors (Lipinski definition) is 4. The third-order valence-corrected chi connectivity index (χ3v) is 9.55. The summed E-state index contributed by atoms with van der Waals surface area (Å²) in [4.78, 5) is 25.9.